The molecule has 0 amide bonds. The van der Waals surface area contributed by atoms with Crippen molar-refractivity contribution in [2.45, 2.75) is 11.8 Å². The van der Waals surface area contributed by atoms with Crippen LogP contribution in [0.15, 0.2) is 200 Å². The van der Waals surface area contributed by atoms with Gasteiger partial charge in [-0.05, 0) is 106 Å². The van der Waals surface area contributed by atoms with Gasteiger partial charge in [-0.3, -0.25) is 0 Å². The first-order chi connectivity index (χ1) is 33.5. The van der Waals surface area contributed by atoms with Gasteiger partial charge in [0.2, 0.25) is 0 Å². The Bertz CT molecular complexity index is 4290. The highest BCUT2D eigenvalue weighted by atomic mass is 15.0. The topological polar surface area (TPSA) is 14.8 Å². The van der Waals surface area contributed by atoms with Gasteiger partial charge in [0.1, 0.15) is 0 Å². The van der Waals surface area contributed by atoms with E-state index in [1.807, 2.05) is 59.2 Å². The van der Waals surface area contributed by atoms with E-state index in [1.165, 1.54) is 27.8 Å². The lowest BCUT2D eigenvalue weighted by Gasteiger charge is -2.43. The molecule has 59 heavy (non-hydrogen) atoms. The van der Waals surface area contributed by atoms with Crippen LogP contribution in [0.5, 0.6) is 0 Å². The molecule has 3 aliphatic carbocycles. The van der Waals surface area contributed by atoms with Crippen LogP contribution >= 0.6 is 0 Å². The van der Waals surface area contributed by atoms with Gasteiger partial charge in [-0.25, -0.2) is 0 Å². The van der Waals surface area contributed by atoms with Gasteiger partial charge in [0.05, 0.1) is 46.8 Å². The lowest BCUT2D eigenvalue weighted by molar-refractivity contribution is 0.768. The molecule has 9 aromatic carbocycles. The van der Waals surface area contributed by atoms with Crippen molar-refractivity contribution < 1.29 is 13.7 Å². The van der Waals surface area contributed by atoms with Gasteiger partial charge in [-0.2, -0.15) is 0 Å². The number of hydrogen-bond acceptors (Lipinski definition) is 0. The van der Waals surface area contributed by atoms with Crippen molar-refractivity contribution in [3.05, 3.63) is 233 Å². The zero-order valence-corrected chi connectivity index (χ0v) is 31.3. The summed E-state index contributed by atoms with van der Waals surface area (Å²) < 4.78 is 93.0. The second-order valence-electron chi connectivity index (χ2n) is 15.6. The van der Waals surface area contributed by atoms with Crippen molar-refractivity contribution >= 4 is 65.4 Å². The molecule has 3 nitrogen and oxygen atoms in total. The molecule has 3 aliphatic rings. The largest absolute Gasteiger partial charge is 0.309 e. The Balaban J connectivity index is 1.06. The van der Waals surface area contributed by atoms with Crippen LogP contribution in [0.1, 0.15) is 58.9 Å². The van der Waals surface area contributed by atoms with E-state index >= 15 is 0 Å². The maximum absolute atomic E-state index is 9.10. The second kappa shape index (κ2) is 11.5. The van der Waals surface area contributed by atoms with Crippen LogP contribution in [0, 0.1) is 0 Å². The fourth-order valence-corrected chi connectivity index (χ4v) is 10.9. The summed E-state index contributed by atoms with van der Waals surface area (Å²) in [5.74, 6) is -0.321. The third kappa shape index (κ3) is 4.01. The fourth-order valence-electron chi connectivity index (χ4n) is 10.9. The Morgan fingerprint density at radius 2 is 0.746 bits per heavy atom. The number of nitrogens with zero attached hydrogens (tertiary/aromatic N) is 3. The molecule has 2 atom stereocenters. The second-order valence-corrected chi connectivity index (χ2v) is 15.6. The molecular formula is C56H35N3. The van der Waals surface area contributed by atoms with Crippen LogP contribution in [-0.4, -0.2) is 13.7 Å². The first-order valence-corrected chi connectivity index (χ1v) is 19.9. The van der Waals surface area contributed by atoms with Crippen molar-refractivity contribution in [1.29, 1.82) is 0 Å². The lowest BCUT2D eigenvalue weighted by Crippen LogP contribution is -2.28. The molecule has 2 bridgehead atoms. The molecule has 12 aromatic rings. The summed E-state index contributed by atoms with van der Waals surface area (Å²) in [6.45, 7) is 0. The number of fused-ring (bicyclic) bond motifs is 9. The standard InChI is InChI=1S/C56H35N3/c1-3-15-34(16-4-1)57-45-24-12-9-19-37(45)44-33-36(27-30-48(44)57)59-47-26-14-11-23-41(47)53-50(59)32-29-43-51-38-20-7-8-21-39(38)54(56(43)53)55-42(51)28-31-49-52(55)40-22-10-13-25-46(40)58(49)35-17-5-2-6-18-35/h1-33,51,54H/i1D,2D,3D,4D,5D,6D,15D,16D,17D,18D. The van der Waals surface area contributed by atoms with Gasteiger partial charge in [-0.1, -0.05) is 127 Å². The average Bonchev–Trinajstić information content (AvgIpc) is 4.02. The number of benzene rings is 9. The Labute approximate surface area is 354 Å². The predicted molar refractivity (Wildman–Crippen MR) is 244 cm³/mol. The lowest BCUT2D eigenvalue weighted by atomic mass is 9.59. The SMILES string of the molecule is [2H]c1c([2H])c([2H])c(-n2c3ccccc3c3cc(-n4c5ccccc5c5c6c(ccc54)C4c5ccccc5C6c5c4ccc4c5c5ccccc5n4-c4c([2H])c([2H])c([2H])c([2H])c4[2H])ccc32)c([2H])c1[2H]. The van der Waals surface area contributed by atoms with Gasteiger partial charge in [0.25, 0.3) is 0 Å². The molecule has 0 aliphatic heterocycles. The van der Waals surface area contributed by atoms with Crippen molar-refractivity contribution in [2.24, 2.45) is 0 Å². The highest BCUT2D eigenvalue weighted by molar-refractivity contribution is 6.16. The van der Waals surface area contributed by atoms with E-state index in [4.69, 9.17) is 13.7 Å². The minimum atomic E-state index is -0.435. The van der Waals surface area contributed by atoms with Crippen molar-refractivity contribution in [3.63, 3.8) is 0 Å². The summed E-state index contributed by atoms with van der Waals surface area (Å²) >= 11 is 0. The van der Waals surface area contributed by atoms with Crippen molar-refractivity contribution in [1.82, 2.24) is 13.7 Å². The first kappa shape index (κ1) is 23.6. The highest BCUT2D eigenvalue weighted by Crippen LogP contribution is 2.60. The average molecular weight is 760 g/mol. The van der Waals surface area contributed by atoms with Gasteiger partial charge in [-0.15, -0.1) is 0 Å². The number of hydrogen-bond donors (Lipinski definition) is 0. The Morgan fingerprint density at radius 3 is 1.32 bits per heavy atom. The van der Waals surface area contributed by atoms with Crippen LogP contribution in [0.2, 0.25) is 0 Å². The fraction of sp³-hybridized carbons (Fsp3) is 0.0357. The van der Waals surface area contributed by atoms with Crippen LogP contribution in [0.3, 0.4) is 0 Å². The van der Waals surface area contributed by atoms with E-state index in [9.17, 15) is 0 Å². The molecule has 0 N–H and O–H groups in total. The van der Waals surface area contributed by atoms with Crippen molar-refractivity contribution in [3.8, 4) is 17.1 Å². The molecule has 0 radical (unpaired) electrons. The minimum Gasteiger partial charge on any atom is -0.309 e. The molecule has 0 spiro atoms. The van der Waals surface area contributed by atoms with E-state index < -0.39 is 12.1 Å². The summed E-state index contributed by atoms with van der Waals surface area (Å²) in [5, 5.41) is 5.91. The van der Waals surface area contributed by atoms with Crippen LogP contribution in [0.25, 0.3) is 82.5 Å². The summed E-state index contributed by atoms with van der Waals surface area (Å²) in [6.07, 6.45) is 0. The molecule has 274 valence electrons. The molecular weight excluding hydrogens is 715 g/mol. The van der Waals surface area contributed by atoms with Gasteiger partial charge >= 0.3 is 0 Å². The third-order valence-electron chi connectivity index (χ3n) is 13.0. The maximum atomic E-state index is 9.10. The molecule has 2 unspecified atom stereocenters. The molecule has 3 heteroatoms. The summed E-state index contributed by atoms with van der Waals surface area (Å²) in [6, 6.07) is 44.4. The quantitative estimate of drug-likeness (QED) is 0.170. The van der Waals surface area contributed by atoms with Crippen LogP contribution < -0.4 is 0 Å². The smallest absolute Gasteiger partial charge is 0.0645 e. The number of para-hydroxylation sites is 5. The summed E-state index contributed by atoms with van der Waals surface area (Å²) in [5.41, 5.74) is 13.4. The van der Waals surface area contributed by atoms with Gasteiger partial charge in [0.15, 0.2) is 0 Å². The minimum absolute atomic E-state index is 0.0982. The van der Waals surface area contributed by atoms with Crippen LogP contribution in [0.4, 0.5) is 0 Å². The molecule has 3 aromatic heterocycles. The zero-order chi connectivity index (χ0) is 47.0. The van der Waals surface area contributed by atoms with E-state index in [2.05, 4.69) is 89.5 Å². The normalized spacial score (nSPS) is 17.8. The third-order valence-corrected chi connectivity index (χ3v) is 13.0. The van der Waals surface area contributed by atoms with Gasteiger partial charge in [0, 0.05) is 61.2 Å². The van der Waals surface area contributed by atoms with E-state index in [1.54, 1.807) is 4.57 Å². The molecule has 15 rings (SSSR count). The Morgan fingerprint density at radius 1 is 0.322 bits per heavy atom. The van der Waals surface area contributed by atoms with E-state index in [0.29, 0.717) is 5.52 Å². The molecule has 0 saturated carbocycles. The Hall–Kier alpha value is -7.62. The predicted octanol–water partition coefficient (Wildman–Crippen LogP) is 14.0. The summed E-state index contributed by atoms with van der Waals surface area (Å²) in [4.78, 5) is 0. The summed E-state index contributed by atoms with van der Waals surface area (Å²) in [7, 11) is 0. The monoisotopic (exact) mass is 759 g/mol. The van der Waals surface area contributed by atoms with Crippen molar-refractivity contribution in [2.75, 3.05) is 0 Å². The van der Waals surface area contributed by atoms with E-state index in [0.717, 1.165) is 71.2 Å². The molecule has 3 heterocycles. The van der Waals surface area contributed by atoms with E-state index in [-0.39, 0.29) is 71.5 Å². The van der Waals surface area contributed by atoms with Crippen LogP contribution in [-0.2, 0) is 0 Å². The Kier molecular flexibility index (Phi) is 4.59. The maximum Gasteiger partial charge on any atom is 0.0645 e. The first-order valence-electron chi connectivity index (χ1n) is 24.9. The van der Waals surface area contributed by atoms with Gasteiger partial charge < -0.3 is 13.7 Å². The molecule has 0 fully saturated rings. The number of rotatable bonds is 3. The highest BCUT2D eigenvalue weighted by Gasteiger charge is 2.44. The zero-order valence-electron chi connectivity index (χ0n) is 41.3. The number of aromatic nitrogens is 3. The molecule has 0 saturated heterocycles.